The SMILES string of the molecule is COc1ccccc1CN(CC1CCCO1)C(=O)CSCc1ccc(C#N)cc1. The molecule has 6 heteroatoms. The molecule has 5 nitrogen and oxygen atoms in total. The van der Waals surface area contributed by atoms with E-state index in [1.165, 1.54) is 0 Å². The van der Waals surface area contributed by atoms with Crippen LogP contribution in [0.3, 0.4) is 0 Å². The van der Waals surface area contributed by atoms with Crippen molar-refractivity contribution in [3.05, 3.63) is 65.2 Å². The number of hydrogen-bond donors (Lipinski definition) is 0. The van der Waals surface area contributed by atoms with Gasteiger partial charge in [-0.25, -0.2) is 0 Å². The summed E-state index contributed by atoms with van der Waals surface area (Å²) in [6.45, 7) is 1.89. The summed E-state index contributed by atoms with van der Waals surface area (Å²) >= 11 is 1.59. The van der Waals surface area contributed by atoms with E-state index in [2.05, 4.69) is 6.07 Å². The summed E-state index contributed by atoms with van der Waals surface area (Å²) in [5.41, 5.74) is 2.75. The molecule has 0 radical (unpaired) electrons. The van der Waals surface area contributed by atoms with Gasteiger partial charge in [0.15, 0.2) is 0 Å². The molecule has 0 N–H and O–H groups in total. The second kappa shape index (κ2) is 10.9. The van der Waals surface area contributed by atoms with Crippen LogP contribution in [0.2, 0.25) is 0 Å². The van der Waals surface area contributed by atoms with E-state index in [4.69, 9.17) is 14.7 Å². The number of hydrogen-bond acceptors (Lipinski definition) is 5. The third-order valence-corrected chi connectivity index (χ3v) is 5.92. The van der Waals surface area contributed by atoms with Crippen LogP contribution in [-0.2, 0) is 21.8 Å². The lowest BCUT2D eigenvalue weighted by Crippen LogP contribution is -2.38. The lowest BCUT2D eigenvalue weighted by molar-refractivity contribution is -0.130. The summed E-state index contributed by atoms with van der Waals surface area (Å²) < 4.78 is 11.2. The van der Waals surface area contributed by atoms with Crippen LogP contribution in [0.5, 0.6) is 5.75 Å². The van der Waals surface area contributed by atoms with Gasteiger partial charge in [-0.1, -0.05) is 30.3 Å². The quantitative estimate of drug-likeness (QED) is 0.625. The molecule has 1 unspecified atom stereocenters. The van der Waals surface area contributed by atoms with Gasteiger partial charge in [0.1, 0.15) is 5.75 Å². The van der Waals surface area contributed by atoms with Crippen LogP contribution in [0.1, 0.15) is 29.5 Å². The topological polar surface area (TPSA) is 62.6 Å². The molecule has 1 aliphatic rings. The predicted molar refractivity (Wildman–Crippen MR) is 115 cm³/mol. The number of nitriles is 1. The summed E-state index contributed by atoms with van der Waals surface area (Å²) in [5, 5.41) is 8.89. The number of nitrogens with zero attached hydrogens (tertiary/aromatic N) is 2. The molecule has 0 saturated carbocycles. The Hall–Kier alpha value is -2.49. The highest BCUT2D eigenvalue weighted by atomic mass is 32.2. The first kappa shape index (κ1) is 21.2. The van der Waals surface area contributed by atoms with Crippen molar-refractivity contribution in [2.24, 2.45) is 0 Å². The van der Waals surface area contributed by atoms with Gasteiger partial charge in [0.25, 0.3) is 0 Å². The monoisotopic (exact) mass is 410 g/mol. The fraction of sp³-hybridized carbons (Fsp3) is 0.391. The molecule has 2 aromatic rings. The highest BCUT2D eigenvalue weighted by molar-refractivity contribution is 7.99. The molecule has 1 heterocycles. The Morgan fingerprint density at radius 1 is 1.28 bits per heavy atom. The lowest BCUT2D eigenvalue weighted by Gasteiger charge is -2.26. The summed E-state index contributed by atoms with van der Waals surface area (Å²) in [7, 11) is 1.65. The zero-order valence-electron chi connectivity index (χ0n) is 16.7. The van der Waals surface area contributed by atoms with Crippen molar-refractivity contribution in [1.29, 1.82) is 5.26 Å². The molecule has 1 amide bonds. The lowest BCUT2D eigenvalue weighted by atomic mass is 10.1. The molecule has 0 spiro atoms. The van der Waals surface area contributed by atoms with Gasteiger partial charge in [-0.3, -0.25) is 4.79 Å². The molecular weight excluding hydrogens is 384 g/mol. The number of rotatable bonds is 9. The van der Waals surface area contributed by atoms with E-state index < -0.39 is 0 Å². The fourth-order valence-corrected chi connectivity index (χ4v) is 4.24. The Morgan fingerprint density at radius 3 is 2.76 bits per heavy atom. The Labute approximate surface area is 176 Å². The number of thioether (sulfide) groups is 1. The number of methoxy groups -OCH3 is 1. The fourth-order valence-electron chi connectivity index (χ4n) is 3.35. The molecule has 1 saturated heterocycles. The summed E-state index contributed by atoms with van der Waals surface area (Å²) in [5.74, 6) is 2.04. The number of para-hydroxylation sites is 1. The van der Waals surface area contributed by atoms with Crippen molar-refractivity contribution in [3.8, 4) is 11.8 Å². The highest BCUT2D eigenvalue weighted by Gasteiger charge is 2.23. The number of amides is 1. The zero-order chi connectivity index (χ0) is 20.5. The van der Waals surface area contributed by atoms with E-state index in [1.54, 1.807) is 18.9 Å². The van der Waals surface area contributed by atoms with Crippen molar-refractivity contribution in [2.75, 3.05) is 26.0 Å². The second-order valence-corrected chi connectivity index (χ2v) is 8.01. The van der Waals surface area contributed by atoms with Crippen molar-refractivity contribution >= 4 is 17.7 Å². The molecule has 29 heavy (non-hydrogen) atoms. The van der Waals surface area contributed by atoms with E-state index in [9.17, 15) is 4.79 Å². The molecule has 0 bridgehead atoms. The normalized spacial score (nSPS) is 15.7. The van der Waals surface area contributed by atoms with Gasteiger partial charge < -0.3 is 14.4 Å². The van der Waals surface area contributed by atoms with Crippen LogP contribution in [0.4, 0.5) is 0 Å². The van der Waals surface area contributed by atoms with E-state index in [1.807, 2.05) is 53.4 Å². The van der Waals surface area contributed by atoms with Gasteiger partial charge in [0, 0.05) is 31.0 Å². The molecule has 2 aromatic carbocycles. The minimum atomic E-state index is 0.102. The number of benzene rings is 2. The first-order valence-electron chi connectivity index (χ1n) is 9.77. The van der Waals surface area contributed by atoms with E-state index in [0.717, 1.165) is 42.1 Å². The second-order valence-electron chi connectivity index (χ2n) is 7.02. The van der Waals surface area contributed by atoms with E-state index in [-0.39, 0.29) is 12.0 Å². The van der Waals surface area contributed by atoms with Gasteiger partial charge in [-0.15, -0.1) is 11.8 Å². The molecule has 0 aliphatic carbocycles. The van der Waals surface area contributed by atoms with Crippen LogP contribution in [0.25, 0.3) is 0 Å². The Bertz CT molecular complexity index is 842. The van der Waals surface area contributed by atoms with Gasteiger partial charge in [-0.05, 0) is 36.6 Å². The number of carbonyl (C=O) groups is 1. The highest BCUT2D eigenvalue weighted by Crippen LogP contribution is 2.22. The first-order valence-corrected chi connectivity index (χ1v) is 10.9. The van der Waals surface area contributed by atoms with Gasteiger partial charge in [0.2, 0.25) is 5.91 Å². The van der Waals surface area contributed by atoms with Crippen molar-refractivity contribution in [2.45, 2.75) is 31.2 Å². The summed E-state index contributed by atoms with van der Waals surface area (Å²) in [6.07, 6.45) is 2.15. The Kier molecular flexibility index (Phi) is 7.97. The largest absolute Gasteiger partial charge is 0.496 e. The molecule has 152 valence electrons. The Morgan fingerprint density at radius 2 is 2.07 bits per heavy atom. The average molecular weight is 411 g/mol. The molecule has 3 rings (SSSR count). The minimum absolute atomic E-state index is 0.102. The maximum absolute atomic E-state index is 13.0. The predicted octanol–water partition coefficient (Wildman–Crippen LogP) is 4.01. The van der Waals surface area contributed by atoms with Crippen molar-refractivity contribution < 1.29 is 14.3 Å². The molecule has 1 fully saturated rings. The summed E-state index contributed by atoms with van der Waals surface area (Å²) in [6, 6.07) is 17.4. The number of ether oxygens (including phenoxy) is 2. The van der Waals surface area contributed by atoms with Crippen LogP contribution in [0, 0.1) is 11.3 Å². The standard InChI is InChI=1S/C23H26N2O3S/c1-27-22-7-3-2-5-20(22)14-25(15-21-6-4-12-28-21)23(26)17-29-16-19-10-8-18(13-24)9-11-19/h2-3,5,7-11,21H,4,6,12,14-17H2,1H3. The van der Waals surface area contributed by atoms with Gasteiger partial charge >= 0.3 is 0 Å². The van der Waals surface area contributed by atoms with Crippen LogP contribution in [-0.4, -0.2) is 42.9 Å². The third-order valence-electron chi connectivity index (χ3n) is 4.93. The number of carbonyl (C=O) groups excluding carboxylic acids is 1. The average Bonchev–Trinajstić information content (AvgIpc) is 3.27. The maximum atomic E-state index is 13.0. The minimum Gasteiger partial charge on any atom is -0.496 e. The van der Waals surface area contributed by atoms with E-state index in [0.29, 0.717) is 24.4 Å². The molecule has 1 aliphatic heterocycles. The van der Waals surface area contributed by atoms with Crippen molar-refractivity contribution in [3.63, 3.8) is 0 Å². The first-order chi connectivity index (χ1) is 14.2. The van der Waals surface area contributed by atoms with Crippen LogP contribution < -0.4 is 4.74 Å². The maximum Gasteiger partial charge on any atom is 0.232 e. The molecule has 0 aromatic heterocycles. The van der Waals surface area contributed by atoms with E-state index >= 15 is 0 Å². The Balaban J connectivity index is 1.60. The van der Waals surface area contributed by atoms with Gasteiger partial charge in [0.05, 0.1) is 30.6 Å². The third kappa shape index (κ3) is 6.25. The van der Waals surface area contributed by atoms with Crippen LogP contribution in [0.15, 0.2) is 48.5 Å². The van der Waals surface area contributed by atoms with Crippen molar-refractivity contribution in [1.82, 2.24) is 4.90 Å². The summed E-state index contributed by atoms with van der Waals surface area (Å²) in [4.78, 5) is 14.9. The smallest absolute Gasteiger partial charge is 0.232 e. The molecule has 1 atom stereocenters. The van der Waals surface area contributed by atoms with Crippen LogP contribution >= 0.6 is 11.8 Å². The zero-order valence-corrected chi connectivity index (χ0v) is 17.5. The molecular formula is C23H26N2O3S. The van der Waals surface area contributed by atoms with Gasteiger partial charge in [-0.2, -0.15) is 5.26 Å².